The van der Waals surface area contributed by atoms with Crippen molar-refractivity contribution in [2.45, 2.75) is 0 Å². The standard InChI is InChI=1S/C13H12N2O4/c16-12(17)10-4-1-2-5-11(10)18-8-9-19-13-14-6-3-7-15-13/h1-7H,8-9H2,(H,16,17). The highest BCUT2D eigenvalue weighted by molar-refractivity contribution is 5.90. The molecule has 0 aliphatic rings. The van der Waals surface area contributed by atoms with Gasteiger partial charge in [0.2, 0.25) is 0 Å². The summed E-state index contributed by atoms with van der Waals surface area (Å²) in [5.41, 5.74) is 0.124. The Balaban J connectivity index is 1.85. The monoisotopic (exact) mass is 260 g/mol. The molecule has 1 aromatic carbocycles. The third-order valence-corrected chi connectivity index (χ3v) is 2.23. The van der Waals surface area contributed by atoms with Crippen LogP contribution in [0, 0.1) is 0 Å². The van der Waals surface area contributed by atoms with Gasteiger partial charge in [0.15, 0.2) is 0 Å². The molecule has 0 radical (unpaired) electrons. The normalized spacial score (nSPS) is 9.89. The van der Waals surface area contributed by atoms with Crippen molar-refractivity contribution in [1.82, 2.24) is 9.97 Å². The molecule has 0 spiro atoms. The van der Waals surface area contributed by atoms with Gasteiger partial charge < -0.3 is 14.6 Å². The molecule has 0 aliphatic carbocycles. The van der Waals surface area contributed by atoms with Gasteiger partial charge in [-0.05, 0) is 18.2 Å². The van der Waals surface area contributed by atoms with Gasteiger partial charge in [-0.1, -0.05) is 12.1 Å². The van der Waals surface area contributed by atoms with Gasteiger partial charge in [-0.3, -0.25) is 0 Å². The lowest BCUT2D eigenvalue weighted by Gasteiger charge is -2.09. The highest BCUT2D eigenvalue weighted by Gasteiger charge is 2.09. The van der Waals surface area contributed by atoms with Crippen molar-refractivity contribution in [1.29, 1.82) is 0 Å². The van der Waals surface area contributed by atoms with E-state index in [2.05, 4.69) is 9.97 Å². The summed E-state index contributed by atoms with van der Waals surface area (Å²) < 4.78 is 10.6. The SMILES string of the molecule is O=C(O)c1ccccc1OCCOc1ncccn1. The van der Waals surface area contributed by atoms with Crippen molar-refractivity contribution in [2.75, 3.05) is 13.2 Å². The summed E-state index contributed by atoms with van der Waals surface area (Å²) >= 11 is 0. The van der Waals surface area contributed by atoms with Crippen LogP contribution >= 0.6 is 0 Å². The Bertz CT molecular complexity index is 545. The molecule has 6 heteroatoms. The smallest absolute Gasteiger partial charge is 0.339 e. The average molecular weight is 260 g/mol. The molecule has 0 atom stereocenters. The molecule has 1 N–H and O–H groups in total. The fraction of sp³-hybridized carbons (Fsp3) is 0.154. The molecule has 19 heavy (non-hydrogen) atoms. The van der Waals surface area contributed by atoms with E-state index in [1.807, 2.05) is 0 Å². The predicted molar refractivity (Wildman–Crippen MR) is 66.4 cm³/mol. The molecule has 0 saturated heterocycles. The van der Waals surface area contributed by atoms with Gasteiger partial charge in [-0.2, -0.15) is 0 Å². The van der Waals surface area contributed by atoms with Crippen LogP contribution in [0.15, 0.2) is 42.7 Å². The summed E-state index contributed by atoms with van der Waals surface area (Å²) in [4.78, 5) is 18.7. The topological polar surface area (TPSA) is 81.5 Å². The van der Waals surface area contributed by atoms with Crippen LogP contribution < -0.4 is 9.47 Å². The number of hydrogen-bond donors (Lipinski definition) is 1. The lowest BCUT2D eigenvalue weighted by molar-refractivity contribution is 0.0691. The lowest BCUT2D eigenvalue weighted by atomic mass is 10.2. The lowest BCUT2D eigenvalue weighted by Crippen LogP contribution is -2.12. The Morgan fingerprint density at radius 2 is 1.74 bits per heavy atom. The molecule has 0 fully saturated rings. The number of hydrogen-bond acceptors (Lipinski definition) is 5. The number of carboxylic acids is 1. The zero-order valence-electron chi connectivity index (χ0n) is 10.0. The highest BCUT2D eigenvalue weighted by atomic mass is 16.5. The van der Waals surface area contributed by atoms with Gasteiger partial charge in [-0.25, -0.2) is 14.8 Å². The van der Waals surface area contributed by atoms with Gasteiger partial charge in [0.05, 0.1) is 0 Å². The van der Waals surface area contributed by atoms with Crippen LogP contribution in [-0.4, -0.2) is 34.3 Å². The number of ether oxygens (including phenoxy) is 2. The number of aromatic carboxylic acids is 1. The molecule has 0 saturated carbocycles. The summed E-state index contributed by atoms with van der Waals surface area (Å²) in [6.45, 7) is 0.445. The van der Waals surface area contributed by atoms with E-state index in [-0.39, 0.29) is 24.8 Å². The molecule has 1 aromatic heterocycles. The van der Waals surface area contributed by atoms with E-state index < -0.39 is 5.97 Å². The zero-order valence-corrected chi connectivity index (χ0v) is 10.0. The first kappa shape index (κ1) is 12.8. The van der Waals surface area contributed by atoms with Crippen molar-refractivity contribution in [2.24, 2.45) is 0 Å². The molecule has 6 nitrogen and oxygen atoms in total. The molecule has 1 heterocycles. The number of carbonyl (C=O) groups is 1. The summed E-state index contributed by atoms with van der Waals surface area (Å²) in [6.07, 6.45) is 3.14. The highest BCUT2D eigenvalue weighted by Crippen LogP contribution is 2.17. The molecular weight excluding hydrogens is 248 g/mol. The molecule has 0 unspecified atom stereocenters. The van der Waals surface area contributed by atoms with Crippen LogP contribution in [0.4, 0.5) is 0 Å². The third kappa shape index (κ3) is 3.67. The third-order valence-electron chi connectivity index (χ3n) is 2.23. The number of para-hydroxylation sites is 1. The van der Waals surface area contributed by atoms with Crippen molar-refractivity contribution >= 4 is 5.97 Å². The van der Waals surface area contributed by atoms with Crippen molar-refractivity contribution in [3.63, 3.8) is 0 Å². The van der Waals surface area contributed by atoms with Crippen LogP contribution in [0.2, 0.25) is 0 Å². The van der Waals surface area contributed by atoms with Crippen LogP contribution in [0.5, 0.6) is 11.8 Å². The number of benzene rings is 1. The second-order valence-electron chi connectivity index (χ2n) is 3.53. The summed E-state index contributed by atoms with van der Waals surface area (Å²) in [7, 11) is 0. The van der Waals surface area contributed by atoms with Gasteiger partial charge in [0.1, 0.15) is 24.5 Å². The Hall–Kier alpha value is -2.63. The largest absolute Gasteiger partial charge is 0.489 e. The Labute approximate surface area is 109 Å². The number of rotatable bonds is 6. The molecule has 0 bridgehead atoms. The Morgan fingerprint density at radius 1 is 1.05 bits per heavy atom. The quantitative estimate of drug-likeness (QED) is 0.795. The predicted octanol–water partition coefficient (Wildman–Crippen LogP) is 1.63. The average Bonchev–Trinajstić information content (AvgIpc) is 2.45. The Kier molecular flexibility index (Phi) is 4.28. The van der Waals surface area contributed by atoms with Gasteiger partial charge in [0.25, 0.3) is 0 Å². The number of carboxylic acid groups (broad SMARTS) is 1. The van der Waals surface area contributed by atoms with E-state index in [1.165, 1.54) is 6.07 Å². The van der Waals surface area contributed by atoms with Gasteiger partial charge >= 0.3 is 12.0 Å². The van der Waals surface area contributed by atoms with E-state index in [1.54, 1.807) is 36.7 Å². The zero-order chi connectivity index (χ0) is 13.5. The summed E-state index contributed by atoms with van der Waals surface area (Å²) in [6, 6.07) is 8.39. The molecule has 0 amide bonds. The molecule has 98 valence electrons. The molecule has 2 rings (SSSR count). The van der Waals surface area contributed by atoms with E-state index >= 15 is 0 Å². The minimum absolute atomic E-state index is 0.124. The number of aromatic nitrogens is 2. The van der Waals surface area contributed by atoms with E-state index in [9.17, 15) is 4.79 Å². The van der Waals surface area contributed by atoms with E-state index in [0.717, 1.165) is 0 Å². The fourth-order valence-corrected chi connectivity index (χ4v) is 1.41. The van der Waals surface area contributed by atoms with Crippen molar-refractivity contribution < 1.29 is 19.4 Å². The van der Waals surface area contributed by atoms with Crippen LogP contribution in [0.3, 0.4) is 0 Å². The van der Waals surface area contributed by atoms with Crippen LogP contribution in [0.1, 0.15) is 10.4 Å². The fourth-order valence-electron chi connectivity index (χ4n) is 1.41. The second-order valence-corrected chi connectivity index (χ2v) is 3.53. The van der Waals surface area contributed by atoms with Gasteiger partial charge in [0, 0.05) is 12.4 Å². The van der Waals surface area contributed by atoms with Crippen molar-refractivity contribution in [3.8, 4) is 11.8 Å². The van der Waals surface area contributed by atoms with Crippen LogP contribution in [0.25, 0.3) is 0 Å². The summed E-state index contributed by atoms with van der Waals surface area (Å²) in [5, 5.41) is 8.97. The first-order chi connectivity index (χ1) is 9.27. The molecule has 2 aromatic rings. The van der Waals surface area contributed by atoms with Crippen LogP contribution in [-0.2, 0) is 0 Å². The first-order valence-electron chi connectivity index (χ1n) is 5.62. The van der Waals surface area contributed by atoms with Gasteiger partial charge in [-0.15, -0.1) is 0 Å². The summed E-state index contributed by atoms with van der Waals surface area (Å²) in [5.74, 6) is -0.713. The Morgan fingerprint density at radius 3 is 2.47 bits per heavy atom. The van der Waals surface area contributed by atoms with E-state index in [0.29, 0.717) is 5.75 Å². The number of nitrogens with zero attached hydrogens (tertiary/aromatic N) is 2. The van der Waals surface area contributed by atoms with Crippen molar-refractivity contribution in [3.05, 3.63) is 48.3 Å². The minimum atomic E-state index is -1.03. The molecule has 0 aliphatic heterocycles. The maximum absolute atomic E-state index is 10.9. The maximum atomic E-state index is 10.9. The van der Waals surface area contributed by atoms with E-state index in [4.69, 9.17) is 14.6 Å². The molecular formula is C13H12N2O4. The second kappa shape index (κ2) is 6.34. The first-order valence-corrected chi connectivity index (χ1v) is 5.62. The minimum Gasteiger partial charge on any atom is -0.489 e. The maximum Gasteiger partial charge on any atom is 0.339 e.